The normalized spacial score (nSPS) is 12.6. The molecular weight excluding hydrogens is 308 g/mol. The number of pyridine rings is 1. The van der Waals surface area contributed by atoms with Crippen molar-refractivity contribution < 1.29 is 0 Å². The van der Waals surface area contributed by atoms with E-state index in [4.69, 9.17) is 0 Å². The zero-order valence-electron chi connectivity index (χ0n) is 10.6. The van der Waals surface area contributed by atoms with Crippen LogP contribution in [-0.4, -0.2) is 11.5 Å². The first-order valence-electron chi connectivity index (χ1n) is 6.08. The van der Waals surface area contributed by atoms with Gasteiger partial charge >= 0.3 is 0 Å². The molecule has 2 rings (SSSR count). The van der Waals surface area contributed by atoms with Crippen molar-refractivity contribution in [3.05, 3.63) is 50.4 Å². The molecule has 1 atom stereocenters. The maximum atomic E-state index is 4.48. The Bertz CT molecular complexity index is 493. The molecule has 4 heteroatoms. The molecule has 0 aliphatic heterocycles. The second kappa shape index (κ2) is 6.45. The molecule has 1 N–H and O–H groups in total. The van der Waals surface area contributed by atoms with E-state index in [0.717, 1.165) is 18.7 Å². The average Bonchev–Trinajstić information content (AvgIpc) is 2.78. The Labute approximate surface area is 121 Å². The second-order valence-corrected chi connectivity index (χ2v) is 6.62. The summed E-state index contributed by atoms with van der Waals surface area (Å²) in [4.78, 5) is 4.48. The number of hydrogen-bond donors (Lipinski definition) is 1. The Balaban J connectivity index is 2.13. The van der Waals surface area contributed by atoms with Crippen LogP contribution in [0.5, 0.6) is 0 Å². The quantitative estimate of drug-likeness (QED) is 0.895. The summed E-state index contributed by atoms with van der Waals surface area (Å²) in [6.45, 7) is 5.16. The van der Waals surface area contributed by atoms with E-state index in [1.54, 1.807) is 11.3 Å². The molecule has 0 radical (unpaired) electrons. The van der Waals surface area contributed by atoms with Gasteiger partial charge in [-0.2, -0.15) is 0 Å². The fraction of sp³-hybridized carbons (Fsp3) is 0.357. The summed E-state index contributed by atoms with van der Waals surface area (Å²) in [7, 11) is 0. The minimum absolute atomic E-state index is 0.341. The van der Waals surface area contributed by atoms with Crippen LogP contribution in [0.4, 0.5) is 0 Å². The molecule has 0 aromatic carbocycles. The largest absolute Gasteiger partial charge is 0.310 e. The van der Waals surface area contributed by atoms with E-state index in [9.17, 15) is 0 Å². The first kappa shape index (κ1) is 13.7. The van der Waals surface area contributed by atoms with Crippen LogP contribution in [0.2, 0.25) is 0 Å². The van der Waals surface area contributed by atoms with Crippen LogP contribution in [0.25, 0.3) is 0 Å². The summed E-state index contributed by atoms with van der Waals surface area (Å²) in [5, 5.41) is 5.72. The van der Waals surface area contributed by atoms with Gasteiger partial charge in [-0.15, -0.1) is 11.3 Å². The predicted molar refractivity (Wildman–Crippen MR) is 81.1 cm³/mol. The van der Waals surface area contributed by atoms with Crippen molar-refractivity contribution in [2.45, 2.75) is 26.3 Å². The number of nitrogens with zero attached hydrogens (tertiary/aromatic N) is 1. The molecule has 0 fully saturated rings. The fourth-order valence-corrected chi connectivity index (χ4v) is 3.12. The third-order valence-electron chi connectivity index (χ3n) is 2.83. The summed E-state index contributed by atoms with van der Waals surface area (Å²) in [5.74, 6) is 0. The molecule has 0 aliphatic carbocycles. The van der Waals surface area contributed by atoms with Crippen molar-refractivity contribution in [2.75, 3.05) is 6.54 Å². The molecule has 0 aliphatic rings. The second-order valence-electron chi connectivity index (χ2n) is 4.33. The molecule has 1 unspecified atom stereocenters. The molecule has 2 aromatic rings. The van der Waals surface area contributed by atoms with E-state index in [0.29, 0.717) is 6.04 Å². The Morgan fingerprint density at radius 1 is 1.44 bits per heavy atom. The fourth-order valence-electron chi connectivity index (χ4n) is 1.89. The molecular formula is C14H17BrN2S. The maximum absolute atomic E-state index is 4.48. The lowest BCUT2D eigenvalue weighted by Crippen LogP contribution is -2.22. The number of aromatic nitrogens is 1. The molecule has 0 saturated carbocycles. The summed E-state index contributed by atoms with van der Waals surface area (Å²) in [5.41, 5.74) is 3.67. The van der Waals surface area contributed by atoms with Gasteiger partial charge in [-0.1, -0.05) is 13.0 Å². The first-order valence-corrected chi connectivity index (χ1v) is 7.75. The number of hydrogen-bond acceptors (Lipinski definition) is 3. The van der Waals surface area contributed by atoms with Crippen LogP contribution in [0.15, 0.2) is 33.6 Å². The highest BCUT2D eigenvalue weighted by Crippen LogP contribution is 2.27. The summed E-state index contributed by atoms with van der Waals surface area (Å²) in [6, 6.07) is 6.76. The van der Waals surface area contributed by atoms with Gasteiger partial charge in [-0.25, -0.2) is 0 Å². The number of rotatable bonds is 5. The lowest BCUT2D eigenvalue weighted by atomic mass is 10.0. The van der Waals surface area contributed by atoms with E-state index in [1.165, 1.54) is 14.9 Å². The predicted octanol–water partition coefficient (Wildman–Crippen LogP) is 4.11. The van der Waals surface area contributed by atoms with E-state index in [-0.39, 0.29) is 0 Å². The van der Waals surface area contributed by atoms with Crippen molar-refractivity contribution in [2.24, 2.45) is 0 Å². The summed E-state index contributed by atoms with van der Waals surface area (Å²) < 4.78 is 1.18. The Kier molecular flexibility index (Phi) is 4.92. The van der Waals surface area contributed by atoms with E-state index < -0.39 is 0 Å². The number of likely N-dealkylation sites (N-methyl/N-ethyl adjacent to an activating group) is 1. The van der Waals surface area contributed by atoms with Crippen LogP contribution in [0, 0.1) is 6.92 Å². The standard InChI is InChI=1S/C14H17BrN2S/c1-3-16-13(11-6-14(15)18-9-11)7-12-5-4-10(2)8-17-12/h4-6,8-9,13,16H,3,7H2,1-2H3. The minimum Gasteiger partial charge on any atom is -0.310 e. The van der Waals surface area contributed by atoms with Gasteiger partial charge in [0.25, 0.3) is 0 Å². The smallest absolute Gasteiger partial charge is 0.0701 e. The third kappa shape index (κ3) is 3.64. The molecule has 18 heavy (non-hydrogen) atoms. The molecule has 2 heterocycles. The van der Waals surface area contributed by atoms with Crippen LogP contribution in [0.3, 0.4) is 0 Å². The molecule has 0 spiro atoms. The number of halogens is 1. The summed E-state index contributed by atoms with van der Waals surface area (Å²) >= 11 is 5.25. The van der Waals surface area contributed by atoms with Gasteiger partial charge in [0.2, 0.25) is 0 Å². The Morgan fingerprint density at radius 3 is 2.83 bits per heavy atom. The Morgan fingerprint density at radius 2 is 2.28 bits per heavy atom. The van der Waals surface area contributed by atoms with Crippen LogP contribution < -0.4 is 5.32 Å². The van der Waals surface area contributed by atoms with Gasteiger partial charge in [-0.05, 0) is 58.0 Å². The van der Waals surface area contributed by atoms with Crippen molar-refractivity contribution in [3.63, 3.8) is 0 Å². The van der Waals surface area contributed by atoms with Crippen LogP contribution in [0.1, 0.15) is 29.8 Å². The van der Waals surface area contributed by atoms with E-state index in [2.05, 4.69) is 63.7 Å². The van der Waals surface area contributed by atoms with Crippen LogP contribution in [-0.2, 0) is 6.42 Å². The summed E-state index contributed by atoms with van der Waals surface area (Å²) in [6.07, 6.45) is 2.86. The van der Waals surface area contributed by atoms with Crippen molar-refractivity contribution in [3.8, 4) is 0 Å². The van der Waals surface area contributed by atoms with Crippen molar-refractivity contribution in [1.82, 2.24) is 10.3 Å². The van der Waals surface area contributed by atoms with Gasteiger partial charge in [0.15, 0.2) is 0 Å². The van der Waals surface area contributed by atoms with Gasteiger partial charge < -0.3 is 5.32 Å². The number of aryl methyl sites for hydroxylation is 1. The molecule has 2 nitrogen and oxygen atoms in total. The molecule has 2 aromatic heterocycles. The number of thiophene rings is 1. The van der Waals surface area contributed by atoms with Gasteiger partial charge in [-0.3, -0.25) is 4.98 Å². The highest BCUT2D eigenvalue weighted by atomic mass is 79.9. The SMILES string of the molecule is CCNC(Cc1ccc(C)cn1)c1csc(Br)c1. The van der Waals surface area contributed by atoms with Gasteiger partial charge in [0, 0.05) is 24.4 Å². The van der Waals surface area contributed by atoms with E-state index >= 15 is 0 Å². The third-order valence-corrected chi connectivity index (χ3v) is 4.35. The van der Waals surface area contributed by atoms with Crippen LogP contribution >= 0.6 is 27.3 Å². The zero-order chi connectivity index (χ0) is 13.0. The van der Waals surface area contributed by atoms with Crippen molar-refractivity contribution in [1.29, 1.82) is 0 Å². The number of nitrogens with one attached hydrogen (secondary N) is 1. The minimum atomic E-state index is 0.341. The molecule has 96 valence electrons. The first-order chi connectivity index (χ1) is 8.69. The van der Waals surface area contributed by atoms with Gasteiger partial charge in [0.05, 0.1) is 3.79 Å². The lowest BCUT2D eigenvalue weighted by molar-refractivity contribution is 0.545. The van der Waals surface area contributed by atoms with Crippen molar-refractivity contribution >= 4 is 27.3 Å². The van der Waals surface area contributed by atoms with Gasteiger partial charge in [0.1, 0.15) is 0 Å². The molecule has 0 saturated heterocycles. The maximum Gasteiger partial charge on any atom is 0.0701 e. The average molecular weight is 325 g/mol. The highest BCUT2D eigenvalue weighted by molar-refractivity contribution is 9.11. The molecule has 0 bridgehead atoms. The topological polar surface area (TPSA) is 24.9 Å². The van der Waals surface area contributed by atoms with E-state index in [1.807, 2.05) is 6.20 Å². The lowest BCUT2D eigenvalue weighted by Gasteiger charge is -2.16. The Hall–Kier alpha value is -0.710. The highest BCUT2D eigenvalue weighted by Gasteiger charge is 2.13. The zero-order valence-corrected chi connectivity index (χ0v) is 13.0. The monoisotopic (exact) mass is 324 g/mol. The molecule has 0 amide bonds.